The zero-order valence-corrected chi connectivity index (χ0v) is 17.5. The fourth-order valence-electron chi connectivity index (χ4n) is 2.31. The van der Waals surface area contributed by atoms with Gasteiger partial charge in [-0.05, 0) is 31.9 Å². The Morgan fingerprint density at radius 3 is 1.43 bits per heavy atom. The maximum atomic E-state index is 10.7. The molecule has 0 unspecified atom stereocenters. The zero-order chi connectivity index (χ0) is 22.4. The van der Waals surface area contributed by atoms with Gasteiger partial charge < -0.3 is 9.84 Å². The molecule has 0 radical (unpaired) electrons. The van der Waals surface area contributed by atoms with E-state index in [4.69, 9.17) is 5.11 Å². The Morgan fingerprint density at radius 2 is 1.17 bits per heavy atom. The molecule has 0 bridgehead atoms. The van der Waals surface area contributed by atoms with Gasteiger partial charge in [-0.1, -0.05) is 67.1 Å². The van der Waals surface area contributed by atoms with Gasteiger partial charge in [0.15, 0.2) is 0 Å². The van der Waals surface area contributed by atoms with Gasteiger partial charge in [0.05, 0.1) is 6.42 Å². The highest BCUT2D eigenvalue weighted by molar-refractivity contribution is 5.82. The molecule has 6 heteroatoms. The third kappa shape index (κ3) is 16.9. The van der Waals surface area contributed by atoms with E-state index in [-0.39, 0.29) is 19.6 Å². The second-order valence-electron chi connectivity index (χ2n) is 6.51. The minimum Gasteiger partial charge on any atom is -0.481 e. The number of hydrogen-bond donors (Lipinski definition) is 1. The molecular weight excluding hydrogens is 384 g/mol. The van der Waals surface area contributed by atoms with Crippen LogP contribution in [0.1, 0.15) is 50.5 Å². The second kappa shape index (κ2) is 15.6. The van der Waals surface area contributed by atoms with Crippen molar-refractivity contribution in [1.29, 1.82) is 0 Å². The number of ketones is 1. The van der Waals surface area contributed by atoms with Crippen LogP contribution in [0.4, 0.5) is 0 Å². The number of rotatable bonds is 4. The van der Waals surface area contributed by atoms with Gasteiger partial charge in [0.1, 0.15) is 5.78 Å². The lowest BCUT2D eigenvalue weighted by atomic mass is 10.1. The van der Waals surface area contributed by atoms with Crippen LogP contribution in [0.3, 0.4) is 0 Å². The van der Waals surface area contributed by atoms with Crippen LogP contribution >= 0.6 is 0 Å². The van der Waals surface area contributed by atoms with E-state index in [0.717, 1.165) is 16.7 Å². The minimum atomic E-state index is -0.782. The lowest BCUT2D eigenvalue weighted by molar-refractivity contribution is -0.156. The van der Waals surface area contributed by atoms with Crippen LogP contribution < -0.4 is 0 Å². The number of Topliss-reactive ketones (excluding diaryl/α,β-unsaturated/α-hetero) is 1. The number of carboxylic acids is 1. The van der Waals surface area contributed by atoms with E-state index in [1.165, 1.54) is 19.4 Å². The Balaban J connectivity index is 0. The number of aryl methyl sites for hydroxylation is 2. The van der Waals surface area contributed by atoms with Gasteiger partial charge in [-0.25, -0.2) is 0 Å². The van der Waals surface area contributed by atoms with Crippen LogP contribution in [0.5, 0.6) is 0 Å². The molecule has 2 aromatic carbocycles. The van der Waals surface area contributed by atoms with Crippen LogP contribution in [0.15, 0.2) is 48.5 Å². The summed E-state index contributed by atoms with van der Waals surface area (Å²) in [5.74, 6) is -1.69. The maximum Gasteiger partial charge on any atom is 0.310 e. The summed E-state index contributed by atoms with van der Waals surface area (Å²) < 4.78 is 3.97. The Labute approximate surface area is 178 Å². The van der Waals surface area contributed by atoms with Crippen molar-refractivity contribution in [2.75, 3.05) is 0 Å². The van der Waals surface area contributed by atoms with E-state index in [2.05, 4.69) is 4.74 Å². The lowest BCUT2D eigenvalue weighted by Crippen LogP contribution is -2.03. The van der Waals surface area contributed by atoms with E-state index < -0.39 is 17.9 Å². The Hall–Kier alpha value is -3.28. The molecule has 6 nitrogen and oxygen atoms in total. The fourth-order valence-corrected chi connectivity index (χ4v) is 2.31. The number of carbonyl (C=O) groups excluding carboxylic acids is 3. The van der Waals surface area contributed by atoms with Crippen molar-refractivity contribution in [2.45, 2.75) is 54.9 Å². The molecule has 0 heterocycles. The molecule has 0 atom stereocenters. The summed E-state index contributed by atoms with van der Waals surface area (Å²) in [6, 6.07) is 15.6. The van der Waals surface area contributed by atoms with Gasteiger partial charge >= 0.3 is 17.9 Å². The van der Waals surface area contributed by atoms with E-state index in [1.54, 1.807) is 6.92 Å². The Morgan fingerprint density at radius 1 is 0.767 bits per heavy atom. The predicted octanol–water partition coefficient (Wildman–Crippen LogP) is 4.48. The molecule has 164 valence electrons. The van der Waals surface area contributed by atoms with Crippen LogP contribution in [0.2, 0.25) is 0 Å². The highest BCUT2D eigenvalue weighted by Gasteiger charge is 1.98. The van der Waals surface area contributed by atoms with Crippen LogP contribution in [0.25, 0.3) is 0 Å². The number of carboxylic acid groups (broad SMARTS) is 1. The molecule has 30 heavy (non-hydrogen) atoms. The van der Waals surface area contributed by atoms with Crippen molar-refractivity contribution in [3.63, 3.8) is 0 Å². The fraction of sp³-hybridized carbons (Fsp3) is 0.333. The highest BCUT2D eigenvalue weighted by Crippen LogP contribution is 2.05. The second-order valence-corrected chi connectivity index (χ2v) is 6.51. The first kappa shape index (κ1) is 28.9. The van der Waals surface area contributed by atoms with E-state index >= 15 is 0 Å². The molecule has 0 aliphatic rings. The van der Waals surface area contributed by atoms with E-state index in [9.17, 15) is 19.2 Å². The summed E-state index contributed by atoms with van der Waals surface area (Å²) in [4.78, 5) is 40.6. The van der Waals surface area contributed by atoms with E-state index in [1.807, 2.05) is 62.4 Å². The molecule has 0 aliphatic heterocycles. The van der Waals surface area contributed by atoms with Gasteiger partial charge in [0.2, 0.25) is 0 Å². The molecule has 0 aromatic heterocycles. The molecule has 0 saturated heterocycles. The molecular formula is C24H32O6. The molecule has 0 saturated carbocycles. The normalized spacial score (nSPS) is 8.83. The first-order valence-corrected chi connectivity index (χ1v) is 9.01. The van der Waals surface area contributed by atoms with Crippen molar-refractivity contribution in [1.82, 2.24) is 0 Å². The molecule has 0 spiro atoms. The number of hydrogen-bond acceptors (Lipinski definition) is 5. The number of ether oxygens (including phenoxy) is 1. The maximum absolute atomic E-state index is 10.7. The standard InChI is InChI=1S/C10H12O.C9H10O2.C4H6O3.CH4/c1-8-4-3-5-10(6-8)7-9(2)11;1-7-3-2-4-8(5-7)6-9(10)11;1-3(5)7-4(2)6;/h3-6H,7H2,1-2H3;2-5H,6H2,1H3,(H,10,11);1-2H3;1H4. The third-order valence-electron chi connectivity index (χ3n) is 3.26. The SMILES string of the molecule is C.CC(=O)Cc1cccc(C)c1.CC(=O)OC(C)=O.Cc1cccc(CC(=O)O)c1. The minimum absolute atomic E-state index is 0. The molecule has 1 N–H and O–H groups in total. The third-order valence-corrected chi connectivity index (χ3v) is 3.26. The van der Waals surface area contributed by atoms with Gasteiger partial charge in [-0.2, -0.15) is 0 Å². The molecule has 2 rings (SSSR count). The van der Waals surface area contributed by atoms with Crippen molar-refractivity contribution in [3.8, 4) is 0 Å². The van der Waals surface area contributed by atoms with Gasteiger partial charge in [0, 0.05) is 20.3 Å². The first-order valence-electron chi connectivity index (χ1n) is 9.01. The molecule has 2 aromatic rings. The molecule has 0 amide bonds. The highest BCUT2D eigenvalue weighted by atomic mass is 16.6. The van der Waals surface area contributed by atoms with Gasteiger partial charge in [-0.3, -0.25) is 19.2 Å². The monoisotopic (exact) mass is 416 g/mol. The zero-order valence-electron chi connectivity index (χ0n) is 17.5. The van der Waals surface area contributed by atoms with Crippen LogP contribution in [-0.4, -0.2) is 28.8 Å². The van der Waals surface area contributed by atoms with E-state index in [0.29, 0.717) is 6.42 Å². The summed E-state index contributed by atoms with van der Waals surface area (Å²) >= 11 is 0. The summed E-state index contributed by atoms with van der Waals surface area (Å²) in [7, 11) is 0. The average Bonchev–Trinajstić information content (AvgIpc) is 2.53. The molecule has 0 fully saturated rings. The topological polar surface area (TPSA) is 97.7 Å². The number of carbonyl (C=O) groups is 4. The summed E-state index contributed by atoms with van der Waals surface area (Å²) in [6.45, 7) is 7.96. The lowest BCUT2D eigenvalue weighted by Gasteiger charge is -1.97. The largest absolute Gasteiger partial charge is 0.481 e. The number of esters is 2. The van der Waals surface area contributed by atoms with Crippen molar-refractivity contribution in [3.05, 3.63) is 70.8 Å². The Kier molecular flexibility index (Phi) is 15.1. The first-order chi connectivity index (χ1) is 13.5. The van der Waals surface area contributed by atoms with Gasteiger partial charge in [0.25, 0.3) is 0 Å². The van der Waals surface area contributed by atoms with Crippen molar-refractivity contribution >= 4 is 23.7 Å². The smallest absolute Gasteiger partial charge is 0.310 e. The summed E-state index contributed by atoms with van der Waals surface area (Å²) in [5, 5.41) is 8.46. The Bertz CT molecular complexity index is 770. The quantitative estimate of drug-likeness (QED) is 0.583. The van der Waals surface area contributed by atoms with Crippen molar-refractivity contribution < 1.29 is 29.0 Å². The van der Waals surface area contributed by atoms with Crippen LogP contribution in [-0.2, 0) is 36.8 Å². The molecule has 0 aliphatic carbocycles. The average molecular weight is 417 g/mol. The number of benzene rings is 2. The van der Waals surface area contributed by atoms with Crippen molar-refractivity contribution in [2.24, 2.45) is 0 Å². The predicted molar refractivity (Wildman–Crippen MR) is 117 cm³/mol. The van der Waals surface area contributed by atoms with Crippen LogP contribution in [0, 0.1) is 13.8 Å². The summed E-state index contributed by atoms with van der Waals surface area (Å²) in [5.41, 5.74) is 4.28. The summed E-state index contributed by atoms with van der Waals surface area (Å²) in [6.07, 6.45) is 0.670. The number of aliphatic carboxylic acids is 1. The van der Waals surface area contributed by atoms with Gasteiger partial charge in [-0.15, -0.1) is 0 Å².